The molecule has 0 saturated carbocycles. The van der Waals surface area contributed by atoms with Gasteiger partial charge >= 0.3 is 0 Å². The van der Waals surface area contributed by atoms with Crippen molar-refractivity contribution in [2.75, 3.05) is 23.3 Å². The lowest BCUT2D eigenvalue weighted by atomic mass is 10.2. The zero-order valence-corrected chi connectivity index (χ0v) is 13.9. The molecular formula is C18H21N7. The number of hydrogen-bond acceptors (Lipinski definition) is 6. The van der Waals surface area contributed by atoms with Crippen molar-refractivity contribution in [1.29, 1.82) is 0 Å². The van der Waals surface area contributed by atoms with Crippen LogP contribution < -0.4 is 16.0 Å². The largest absolute Gasteiger partial charge is 0.355 e. The molecule has 4 rings (SSSR count). The Morgan fingerprint density at radius 1 is 1.20 bits per heavy atom. The van der Waals surface area contributed by atoms with Gasteiger partial charge in [-0.3, -0.25) is 4.68 Å². The lowest BCUT2D eigenvalue weighted by Gasteiger charge is -2.17. The van der Waals surface area contributed by atoms with Crippen molar-refractivity contribution in [2.24, 2.45) is 5.73 Å². The maximum Gasteiger partial charge on any atom is 0.229 e. The van der Waals surface area contributed by atoms with Crippen LogP contribution in [0.2, 0.25) is 0 Å². The molecule has 0 spiro atoms. The predicted molar refractivity (Wildman–Crippen MR) is 97.9 cm³/mol. The SMILES string of the molecule is NC1CCN(c2ccnc(Nc3cnn(Cc4ccccc4)c3)n2)C1. The quantitative estimate of drug-likeness (QED) is 0.742. The van der Waals surface area contributed by atoms with Gasteiger partial charge in [0.25, 0.3) is 0 Å². The first kappa shape index (κ1) is 15.6. The lowest BCUT2D eigenvalue weighted by Crippen LogP contribution is -2.27. The number of nitrogens with zero attached hydrogens (tertiary/aromatic N) is 5. The van der Waals surface area contributed by atoms with E-state index in [1.165, 1.54) is 5.56 Å². The van der Waals surface area contributed by atoms with Crippen LogP contribution in [0.4, 0.5) is 17.5 Å². The minimum Gasteiger partial charge on any atom is -0.355 e. The van der Waals surface area contributed by atoms with Crippen molar-refractivity contribution < 1.29 is 0 Å². The van der Waals surface area contributed by atoms with Gasteiger partial charge in [-0.05, 0) is 18.1 Å². The van der Waals surface area contributed by atoms with Gasteiger partial charge in [-0.1, -0.05) is 30.3 Å². The first-order valence-corrected chi connectivity index (χ1v) is 8.43. The zero-order chi connectivity index (χ0) is 17.1. The fraction of sp³-hybridized carbons (Fsp3) is 0.278. The van der Waals surface area contributed by atoms with Gasteiger partial charge < -0.3 is 16.0 Å². The van der Waals surface area contributed by atoms with Crippen LogP contribution in [0.15, 0.2) is 55.0 Å². The standard InChI is InChI=1S/C18H21N7/c19-15-7-9-24(12-15)17-6-8-20-18(23-17)22-16-10-21-25(13-16)11-14-4-2-1-3-5-14/h1-6,8,10,13,15H,7,9,11-12,19H2,(H,20,22,23). The number of aromatic nitrogens is 4. The van der Waals surface area contributed by atoms with Gasteiger partial charge in [-0.25, -0.2) is 4.98 Å². The first-order chi connectivity index (χ1) is 12.3. The van der Waals surface area contributed by atoms with Crippen LogP contribution in [-0.4, -0.2) is 38.9 Å². The van der Waals surface area contributed by atoms with E-state index in [4.69, 9.17) is 5.73 Å². The molecule has 0 bridgehead atoms. The normalized spacial score (nSPS) is 17.0. The molecule has 0 amide bonds. The Kier molecular flexibility index (Phi) is 4.30. The summed E-state index contributed by atoms with van der Waals surface area (Å²) in [5, 5.41) is 7.61. The molecule has 2 aromatic heterocycles. The summed E-state index contributed by atoms with van der Waals surface area (Å²) in [5.74, 6) is 1.47. The highest BCUT2D eigenvalue weighted by Crippen LogP contribution is 2.19. The monoisotopic (exact) mass is 335 g/mol. The van der Waals surface area contributed by atoms with E-state index >= 15 is 0 Å². The number of benzene rings is 1. The predicted octanol–water partition coefficient (Wildman–Crippen LogP) is 2.00. The third-order valence-electron chi connectivity index (χ3n) is 4.27. The second kappa shape index (κ2) is 6.90. The van der Waals surface area contributed by atoms with Gasteiger partial charge in [0, 0.05) is 31.5 Å². The summed E-state index contributed by atoms with van der Waals surface area (Å²) in [5.41, 5.74) is 8.05. The highest BCUT2D eigenvalue weighted by molar-refractivity contribution is 5.53. The summed E-state index contributed by atoms with van der Waals surface area (Å²) in [4.78, 5) is 11.1. The van der Waals surface area contributed by atoms with Crippen molar-refractivity contribution in [1.82, 2.24) is 19.7 Å². The molecule has 128 valence electrons. The molecule has 1 aliphatic rings. The Bertz CT molecular complexity index is 830. The number of nitrogens with two attached hydrogens (primary N) is 1. The lowest BCUT2D eigenvalue weighted by molar-refractivity contribution is 0.687. The third kappa shape index (κ3) is 3.77. The van der Waals surface area contributed by atoms with Gasteiger partial charge in [-0.15, -0.1) is 0 Å². The maximum absolute atomic E-state index is 5.98. The van der Waals surface area contributed by atoms with Crippen molar-refractivity contribution in [3.63, 3.8) is 0 Å². The van der Waals surface area contributed by atoms with Crippen molar-refractivity contribution in [2.45, 2.75) is 19.0 Å². The minimum absolute atomic E-state index is 0.225. The van der Waals surface area contributed by atoms with Gasteiger partial charge in [0.15, 0.2) is 0 Å². The summed E-state index contributed by atoms with van der Waals surface area (Å²) in [6.45, 7) is 2.51. The van der Waals surface area contributed by atoms with E-state index < -0.39 is 0 Å². The van der Waals surface area contributed by atoms with Crippen molar-refractivity contribution in [3.8, 4) is 0 Å². The third-order valence-corrected chi connectivity index (χ3v) is 4.27. The highest BCUT2D eigenvalue weighted by atomic mass is 15.3. The highest BCUT2D eigenvalue weighted by Gasteiger charge is 2.20. The summed E-state index contributed by atoms with van der Waals surface area (Å²) < 4.78 is 1.89. The van der Waals surface area contributed by atoms with Crippen molar-refractivity contribution >= 4 is 17.5 Å². The minimum atomic E-state index is 0.225. The van der Waals surface area contributed by atoms with Gasteiger partial charge in [0.05, 0.1) is 18.4 Å². The second-order valence-electron chi connectivity index (χ2n) is 6.27. The van der Waals surface area contributed by atoms with E-state index in [0.717, 1.165) is 37.6 Å². The molecule has 1 atom stereocenters. The molecular weight excluding hydrogens is 314 g/mol. The Hall–Kier alpha value is -2.93. The van der Waals surface area contributed by atoms with E-state index in [9.17, 15) is 0 Å². The summed E-state index contributed by atoms with van der Waals surface area (Å²) in [6, 6.07) is 12.4. The molecule has 1 saturated heterocycles. The Balaban J connectivity index is 1.44. The molecule has 1 unspecified atom stereocenters. The van der Waals surface area contributed by atoms with Crippen LogP contribution in [0.25, 0.3) is 0 Å². The molecule has 3 heterocycles. The molecule has 25 heavy (non-hydrogen) atoms. The van der Waals surface area contributed by atoms with Crippen LogP contribution in [0, 0.1) is 0 Å². The maximum atomic E-state index is 5.98. The second-order valence-corrected chi connectivity index (χ2v) is 6.27. The van der Waals surface area contributed by atoms with Crippen LogP contribution >= 0.6 is 0 Å². The molecule has 0 aliphatic carbocycles. The van der Waals surface area contributed by atoms with E-state index in [0.29, 0.717) is 5.95 Å². The van der Waals surface area contributed by atoms with Crippen LogP contribution in [0.5, 0.6) is 0 Å². The summed E-state index contributed by atoms with van der Waals surface area (Å²) >= 11 is 0. The smallest absolute Gasteiger partial charge is 0.229 e. The number of hydrogen-bond donors (Lipinski definition) is 2. The van der Waals surface area contributed by atoms with Crippen LogP contribution in [0.1, 0.15) is 12.0 Å². The topological polar surface area (TPSA) is 84.9 Å². The molecule has 0 radical (unpaired) electrons. The van der Waals surface area contributed by atoms with Crippen LogP contribution in [-0.2, 0) is 6.54 Å². The Labute approximate surface area is 146 Å². The van der Waals surface area contributed by atoms with E-state index in [1.807, 2.05) is 35.1 Å². The summed E-state index contributed by atoms with van der Waals surface area (Å²) in [6.07, 6.45) is 6.50. The fourth-order valence-electron chi connectivity index (χ4n) is 3.00. The Morgan fingerprint density at radius 2 is 2.08 bits per heavy atom. The van der Waals surface area contributed by atoms with E-state index in [2.05, 4.69) is 37.4 Å². The number of rotatable bonds is 5. The molecule has 7 nitrogen and oxygen atoms in total. The van der Waals surface area contributed by atoms with Crippen molar-refractivity contribution in [3.05, 3.63) is 60.6 Å². The molecule has 1 aromatic carbocycles. The average Bonchev–Trinajstić information content (AvgIpc) is 3.25. The Morgan fingerprint density at radius 3 is 2.88 bits per heavy atom. The first-order valence-electron chi connectivity index (χ1n) is 8.43. The molecule has 1 aliphatic heterocycles. The molecule has 3 aromatic rings. The molecule has 7 heteroatoms. The van der Waals surface area contributed by atoms with E-state index in [1.54, 1.807) is 12.4 Å². The molecule has 1 fully saturated rings. The van der Waals surface area contributed by atoms with Gasteiger partial charge in [0.1, 0.15) is 5.82 Å². The van der Waals surface area contributed by atoms with E-state index in [-0.39, 0.29) is 6.04 Å². The van der Waals surface area contributed by atoms with Crippen LogP contribution in [0.3, 0.4) is 0 Å². The van der Waals surface area contributed by atoms with Gasteiger partial charge in [-0.2, -0.15) is 10.1 Å². The summed E-state index contributed by atoms with van der Waals surface area (Å²) in [7, 11) is 0. The fourth-order valence-corrected chi connectivity index (χ4v) is 3.00. The van der Waals surface area contributed by atoms with Gasteiger partial charge in [0.2, 0.25) is 5.95 Å². The number of anilines is 3. The zero-order valence-electron chi connectivity index (χ0n) is 13.9. The average molecular weight is 335 g/mol. The number of nitrogens with one attached hydrogen (secondary N) is 1. The molecule has 3 N–H and O–H groups in total.